The number of hydrogen-bond acceptors (Lipinski definition) is 8. The molecule has 0 bridgehead atoms. The van der Waals surface area contributed by atoms with E-state index in [1.807, 2.05) is 26.0 Å². The van der Waals surface area contributed by atoms with E-state index in [1.54, 1.807) is 24.3 Å². The van der Waals surface area contributed by atoms with Crippen LogP contribution in [0.1, 0.15) is 25.0 Å². The van der Waals surface area contributed by atoms with Gasteiger partial charge in [0.2, 0.25) is 0 Å². The normalized spacial score (nSPS) is 10.5. The Hall–Kier alpha value is 1.70. The summed E-state index contributed by atoms with van der Waals surface area (Å²) in [4.78, 5) is 0.503. The molecule has 2 rings (SSSR count). The molecule has 2 aromatic carbocycles. The van der Waals surface area contributed by atoms with Gasteiger partial charge < -0.3 is 17.5 Å². The van der Waals surface area contributed by atoms with E-state index in [2.05, 4.69) is 0 Å². The maximum atomic E-state index is 10.8. The van der Waals surface area contributed by atoms with E-state index in [0.717, 1.165) is 24.0 Å². The predicted molar refractivity (Wildman–Crippen MR) is 101 cm³/mol. The zero-order valence-electron chi connectivity index (χ0n) is 17.5. The molecule has 0 N–H and O–H groups in total. The first-order chi connectivity index (χ1) is 12.5. The van der Waals surface area contributed by atoms with E-state index in [4.69, 9.17) is 23.7 Å². The summed E-state index contributed by atoms with van der Waals surface area (Å²) in [5, 5.41) is 0. The minimum absolute atomic E-state index is 0. The largest absolute Gasteiger partial charge is 1.00 e. The van der Waals surface area contributed by atoms with Gasteiger partial charge in [0.1, 0.15) is 0 Å². The summed E-state index contributed by atoms with van der Waals surface area (Å²) in [6, 6.07) is 13.4. The Morgan fingerprint density at radius 3 is 1.40 bits per heavy atom. The van der Waals surface area contributed by atoms with E-state index in [1.165, 1.54) is 12.1 Å². The summed E-state index contributed by atoms with van der Waals surface area (Å²) in [5.74, 6) is 0. The van der Waals surface area contributed by atoms with Crippen molar-refractivity contribution in [1.29, 1.82) is 0 Å². The first-order valence-corrected chi connectivity index (χ1v) is 11.9. The molecule has 2 aromatic rings. The van der Waals surface area contributed by atoms with E-state index in [-0.39, 0.29) is 93.6 Å². The average Bonchev–Trinajstić information content (AvgIpc) is 2.61. The van der Waals surface area contributed by atoms with Crippen molar-refractivity contribution < 1.29 is 119 Å². The molecule has 14 heteroatoms. The summed E-state index contributed by atoms with van der Waals surface area (Å²) in [6.07, 6.45) is 1.83. The molecule has 7 nitrogen and oxygen atoms in total. The summed E-state index contributed by atoms with van der Waals surface area (Å²) >= 11 is -2.09. The molecule has 0 heterocycles. The average molecular weight is 523 g/mol. The molecule has 0 saturated heterocycles. The van der Waals surface area contributed by atoms with E-state index < -0.39 is 31.1 Å². The fraction of sp³-hybridized carbons (Fsp3) is 0.250. The third kappa shape index (κ3) is 19.2. The molecular formula is C16H18ClNa3O7S3. The zero-order valence-corrected chi connectivity index (χ0v) is 26.7. The monoisotopic (exact) mass is 522 g/mol. The Balaban J connectivity index is -0.000000177. The maximum Gasteiger partial charge on any atom is 1.00 e. The van der Waals surface area contributed by atoms with Crippen LogP contribution in [0.3, 0.4) is 0 Å². The number of benzene rings is 2. The van der Waals surface area contributed by atoms with E-state index in [0.29, 0.717) is 4.90 Å². The molecule has 0 aliphatic rings. The van der Waals surface area contributed by atoms with Crippen molar-refractivity contribution >= 4 is 41.8 Å². The first-order valence-electron chi connectivity index (χ1n) is 7.49. The molecule has 1 unspecified atom stereocenters. The summed E-state index contributed by atoms with van der Waals surface area (Å²) in [5.41, 5.74) is 2.25. The minimum Gasteiger partial charge on any atom is -0.917 e. The molecule has 0 aliphatic heterocycles. The van der Waals surface area contributed by atoms with Crippen LogP contribution in [0, 0.1) is 0 Å². The molecule has 0 fully saturated rings. The van der Waals surface area contributed by atoms with E-state index in [9.17, 15) is 17.2 Å². The van der Waals surface area contributed by atoms with Crippen LogP contribution in [0.4, 0.5) is 0 Å². The Kier molecular flexibility index (Phi) is 27.6. The standard InChI is InChI=1S/C8H9ClO2S.C8H10O2S.3Na.O3S/c1-2-7-3-5-8(6-4-7)12(9,10)11;1-2-7-3-5-8(6-4-7)11(9)10;;;;1-4(2)3/h3-6H,2H2,1H3;3-6H,2H2,1H3,(H,9,10);;;;/q;;3*+1;-2/p-1. The Morgan fingerprint density at radius 1 is 0.867 bits per heavy atom. The fourth-order valence-electron chi connectivity index (χ4n) is 1.72. The third-order valence-electron chi connectivity index (χ3n) is 3.14. The number of halogens is 1. The second-order valence-corrected chi connectivity index (χ2v) is 8.79. The molecular weight excluding hydrogens is 505 g/mol. The SMILES string of the molecule is CCc1ccc(S(=O)(=O)Cl)cc1.CCc1ccc(S(=O)[O-])cc1.O=[S-](=O)[O-].[Na+].[Na+].[Na+]. The molecule has 0 aliphatic carbocycles. The van der Waals surface area contributed by atoms with Gasteiger partial charge in [-0.25, -0.2) is 8.42 Å². The molecule has 0 saturated carbocycles. The van der Waals surface area contributed by atoms with Crippen LogP contribution in [-0.2, 0) is 52.4 Å². The van der Waals surface area contributed by atoms with Gasteiger partial charge in [0.15, 0.2) is 0 Å². The van der Waals surface area contributed by atoms with Gasteiger partial charge in [-0.15, -0.1) is 0 Å². The van der Waals surface area contributed by atoms with Crippen molar-refractivity contribution in [1.82, 2.24) is 0 Å². The van der Waals surface area contributed by atoms with Crippen molar-refractivity contribution in [3.63, 3.8) is 0 Å². The Bertz CT molecular complexity index is 897. The zero-order chi connectivity index (χ0) is 21.0. The minimum atomic E-state index is -3.56. The second-order valence-electron chi connectivity index (χ2n) is 4.87. The topological polar surface area (TPSA) is 131 Å². The Labute approximate surface area is 253 Å². The molecule has 1 atom stereocenters. The van der Waals surface area contributed by atoms with Crippen LogP contribution >= 0.6 is 10.7 Å². The van der Waals surface area contributed by atoms with Crippen LogP contribution in [0.5, 0.6) is 0 Å². The summed E-state index contributed by atoms with van der Waals surface area (Å²) in [7, 11) is -1.54. The molecule has 0 amide bonds. The predicted octanol–water partition coefficient (Wildman–Crippen LogP) is -5.90. The molecule has 30 heavy (non-hydrogen) atoms. The van der Waals surface area contributed by atoms with Gasteiger partial charge >= 0.3 is 88.7 Å². The van der Waals surface area contributed by atoms with Crippen molar-refractivity contribution in [3.8, 4) is 0 Å². The fourth-order valence-corrected chi connectivity index (χ4v) is 2.85. The van der Waals surface area contributed by atoms with Gasteiger partial charge in [-0.1, -0.05) is 38.1 Å². The van der Waals surface area contributed by atoms with Crippen molar-refractivity contribution in [2.24, 2.45) is 0 Å². The van der Waals surface area contributed by atoms with Crippen LogP contribution in [0.25, 0.3) is 0 Å². The smallest absolute Gasteiger partial charge is 0.917 e. The van der Waals surface area contributed by atoms with Gasteiger partial charge in [-0.05, 0) is 59.3 Å². The van der Waals surface area contributed by atoms with Crippen LogP contribution in [-0.4, -0.2) is 21.7 Å². The first kappa shape index (κ1) is 38.9. The summed E-state index contributed by atoms with van der Waals surface area (Å²) in [6.45, 7) is 4.04. The number of rotatable bonds is 4. The van der Waals surface area contributed by atoms with Gasteiger partial charge in [-0.2, -0.15) is 11.0 Å². The van der Waals surface area contributed by atoms with Crippen LogP contribution in [0.15, 0.2) is 58.3 Å². The molecule has 0 spiro atoms. The maximum absolute atomic E-state index is 10.8. The van der Waals surface area contributed by atoms with Crippen molar-refractivity contribution in [2.45, 2.75) is 36.5 Å². The summed E-state index contributed by atoms with van der Waals surface area (Å²) < 4.78 is 67.7. The molecule has 0 radical (unpaired) electrons. The van der Waals surface area contributed by atoms with Gasteiger partial charge in [-0.3, -0.25) is 4.21 Å². The van der Waals surface area contributed by atoms with Crippen LogP contribution in [0.2, 0.25) is 0 Å². The molecule has 0 aromatic heterocycles. The van der Waals surface area contributed by atoms with Gasteiger partial charge in [0.25, 0.3) is 9.05 Å². The number of aryl methyl sites for hydroxylation is 2. The van der Waals surface area contributed by atoms with Crippen LogP contribution < -0.4 is 88.7 Å². The quantitative estimate of drug-likeness (QED) is 0.128. The van der Waals surface area contributed by atoms with Gasteiger partial charge in [0, 0.05) is 15.6 Å². The second kappa shape index (κ2) is 21.2. The van der Waals surface area contributed by atoms with Gasteiger partial charge in [0.05, 0.1) is 4.90 Å². The number of hydrogen-bond donors (Lipinski definition) is 0. The van der Waals surface area contributed by atoms with Crippen molar-refractivity contribution in [3.05, 3.63) is 59.7 Å². The Morgan fingerprint density at radius 2 is 1.17 bits per heavy atom. The van der Waals surface area contributed by atoms with Crippen molar-refractivity contribution in [2.75, 3.05) is 0 Å². The van der Waals surface area contributed by atoms with E-state index >= 15 is 0 Å². The third-order valence-corrected chi connectivity index (χ3v) is 5.16. The molecule has 152 valence electrons.